The van der Waals surface area contributed by atoms with E-state index in [1.54, 1.807) is 29.9 Å². The molecule has 0 aliphatic rings. The molecule has 0 bridgehead atoms. The maximum absolute atomic E-state index is 13.3. The van der Waals surface area contributed by atoms with Gasteiger partial charge in [-0.25, -0.2) is 0 Å². The highest BCUT2D eigenvalue weighted by molar-refractivity contribution is 5.89. The summed E-state index contributed by atoms with van der Waals surface area (Å²) in [6, 6.07) is 5.08. The zero-order chi connectivity index (χ0) is 22.5. The Hall–Kier alpha value is -2.17. The molecule has 0 fully saturated rings. The van der Waals surface area contributed by atoms with Crippen LogP contribution >= 0.6 is 0 Å². The second-order valence-electron chi connectivity index (χ2n) is 8.40. The SMILES string of the molecule is CCCCCCCCOc1c(OC)c2ccc(O)cc2n(CCCCCCCC)c1=O. The normalized spacial score (nSPS) is 11.2. The fraction of sp³-hybridized carbons (Fsp3) is 0.654. The fourth-order valence-corrected chi connectivity index (χ4v) is 4.05. The van der Waals surface area contributed by atoms with Crippen LogP contribution in [0.4, 0.5) is 0 Å². The lowest BCUT2D eigenvalue weighted by Gasteiger charge is -2.17. The van der Waals surface area contributed by atoms with E-state index in [1.807, 2.05) is 0 Å². The van der Waals surface area contributed by atoms with Gasteiger partial charge in [-0.1, -0.05) is 78.1 Å². The van der Waals surface area contributed by atoms with Crippen LogP contribution in [-0.4, -0.2) is 23.4 Å². The Labute approximate surface area is 187 Å². The number of aromatic hydroxyl groups is 1. The van der Waals surface area contributed by atoms with Crippen LogP contribution in [0.15, 0.2) is 23.0 Å². The van der Waals surface area contributed by atoms with Gasteiger partial charge in [0.25, 0.3) is 5.56 Å². The highest BCUT2D eigenvalue weighted by Crippen LogP contribution is 2.34. The molecule has 5 heteroatoms. The molecular formula is C26H41NO4. The summed E-state index contributed by atoms with van der Waals surface area (Å²) in [6.45, 7) is 5.55. The summed E-state index contributed by atoms with van der Waals surface area (Å²) in [4.78, 5) is 13.3. The van der Waals surface area contributed by atoms with Gasteiger partial charge in [-0.3, -0.25) is 4.79 Å². The third-order valence-electron chi connectivity index (χ3n) is 5.85. The number of methoxy groups -OCH3 is 1. The molecule has 0 atom stereocenters. The Kier molecular flexibility index (Phi) is 11.3. The molecule has 0 saturated heterocycles. The van der Waals surface area contributed by atoms with Crippen molar-refractivity contribution < 1.29 is 14.6 Å². The van der Waals surface area contributed by atoms with Crippen molar-refractivity contribution in [3.05, 3.63) is 28.6 Å². The van der Waals surface area contributed by atoms with Crippen LogP contribution in [0.25, 0.3) is 10.9 Å². The summed E-state index contributed by atoms with van der Waals surface area (Å²) >= 11 is 0. The summed E-state index contributed by atoms with van der Waals surface area (Å²) in [7, 11) is 1.57. The minimum atomic E-state index is -0.172. The number of unbranched alkanes of at least 4 members (excludes halogenated alkanes) is 10. The average molecular weight is 432 g/mol. The average Bonchev–Trinajstić information content (AvgIpc) is 2.77. The topological polar surface area (TPSA) is 60.7 Å². The molecule has 1 heterocycles. The zero-order valence-corrected chi connectivity index (χ0v) is 19.8. The smallest absolute Gasteiger partial charge is 0.297 e. The predicted molar refractivity (Wildman–Crippen MR) is 129 cm³/mol. The van der Waals surface area contributed by atoms with E-state index in [9.17, 15) is 9.90 Å². The number of phenolic OH excluding ortho intramolecular Hbond substituents is 1. The molecule has 31 heavy (non-hydrogen) atoms. The number of fused-ring (bicyclic) bond motifs is 1. The number of aromatic nitrogens is 1. The van der Waals surface area contributed by atoms with Crippen molar-refractivity contribution in [2.45, 2.75) is 97.4 Å². The van der Waals surface area contributed by atoms with E-state index in [4.69, 9.17) is 9.47 Å². The summed E-state index contributed by atoms with van der Waals surface area (Å²) in [5.41, 5.74) is 0.525. The fourth-order valence-electron chi connectivity index (χ4n) is 4.05. The Balaban J connectivity index is 2.18. The standard InChI is InChI=1S/C26H41NO4/c1-4-6-8-10-12-14-18-27-23-20-21(28)16-17-22(23)24(30-3)25(26(27)29)31-19-15-13-11-9-7-5-2/h16-17,20,28H,4-15,18-19H2,1-3H3. The number of hydrogen-bond donors (Lipinski definition) is 1. The first-order valence-electron chi connectivity index (χ1n) is 12.2. The first kappa shape index (κ1) is 25.1. The van der Waals surface area contributed by atoms with E-state index in [-0.39, 0.29) is 11.3 Å². The Bertz CT molecular complexity index is 843. The molecule has 174 valence electrons. The van der Waals surface area contributed by atoms with Crippen LogP contribution in [0.5, 0.6) is 17.2 Å². The Morgan fingerprint density at radius 3 is 2.10 bits per heavy atom. The van der Waals surface area contributed by atoms with Crippen molar-refractivity contribution in [3.8, 4) is 17.2 Å². The quantitative estimate of drug-likeness (QED) is 0.296. The summed E-state index contributed by atoms with van der Waals surface area (Å²) in [5.74, 6) is 0.900. The van der Waals surface area contributed by atoms with Gasteiger partial charge in [0.2, 0.25) is 5.75 Å². The van der Waals surface area contributed by atoms with Crippen LogP contribution < -0.4 is 15.0 Å². The van der Waals surface area contributed by atoms with Gasteiger partial charge in [0, 0.05) is 18.0 Å². The number of pyridine rings is 1. The van der Waals surface area contributed by atoms with Crippen LogP contribution in [0.1, 0.15) is 90.9 Å². The first-order chi connectivity index (χ1) is 15.1. The third-order valence-corrected chi connectivity index (χ3v) is 5.85. The molecule has 0 saturated carbocycles. The van der Waals surface area contributed by atoms with E-state index in [0.29, 0.717) is 30.2 Å². The van der Waals surface area contributed by atoms with Crippen molar-refractivity contribution >= 4 is 10.9 Å². The Morgan fingerprint density at radius 2 is 1.45 bits per heavy atom. The van der Waals surface area contributed by atoms with Gasteiger partial charge < -0.3 is 19.1 Å². The number of ether oxygens (including phenoxy) is 2. The highest BCUT2D eigenvalue weighted by atomic mass is 16.5. The van der Waals surface area contributed by atoms with Crippen LogP contribution in [0, 0.1) is 0 Å². The molecule has 1 N–H and O–H groups in total. The monoisotopic (exact) mass is 431 g/mol. The number of benzene rings is 1. The van der Waals surface area contributed by atoms with E-state index in [2.05, 4.69) is 13.8 Å². The van der Waals surface area contributed by atoms with Crippen LogP contribution in [0.2, 0.25) is 0 Å². The lowest BCUT2D eigenvalue weighted by Crippen LogP contribution is -2.24. The summed E-state index contributed by atoms with van der Waals surface area (Å²) < 4.78 is 13.3. The molecule has 0 aliphatic heterocycles. The van der Waals surface area contributed by atoms with Gasteiger partial charge in [-0.2, -0.15) is 0 Å². The van der Waals surface area contributed by atoms with Crippen molar-refractivity contribution in [1.29, 1.82) is 0 Å². The van der Waals surface area contributed by atoms with Gasteiger partial charge in [0.05, 0.1) is 19.2 Å². The van der Waals surface area contributed by atoms with E-state index >= 15 is 0 Å². The minimum Gasteiger partial charge on any atom is -0.508 e. The zero-order valence-electron chi connectivity index (χ0n) is 19.8. The third kappa shape index (κ3) is 7.48. The molecule has 1 aromatic carbocycles. The summed E-state index contributed by atoms with van der Waals surface area (Å²) in [6.07, 6.45) is 13.9. The van der Waals surface area contributed by atoms with Crippen molar-refractivity contribution in [3.63, 3.8) is 0 Å². The molecule has 0 amide bonds. The van der Waals surface area contributed by atoms with E-state index < -0.39 is 0 Å². The molecule has 2 aromatic rings. The lowest BCUT2D eigenvalue weighted by atomic mass is 10.1. The van der Waals surface area contributed by atoms with Crippen molar-refractivity contribution in [2.75, 3.05) is 13.7 Å². The molecule has 1 aromatic heterocycles. The second kappa shape index (κ2) is 14.0. The van der Waals surface area contributed by atoms with E-state index in [1.165, 1.54) is 51.4 Å². The molecule has 2 rings (SSSR count). The second-order valence-corrected chi connectivity index (χ2v) is 8.40. The maximum atomic E-state index is 13.3. The lowest BCUT2D eigenvalue weighted by molar-refractivity contribution is 0.279. The number of nitrogens with zero attached hydrogens (tertiary/aromatic N) is 1. The van der Waals surface area contributed by atoms with Crippen LogP contribution in [-0.2, 0) is 6.54 Å². The number of rotatable bonds is 16. The molecule has 0 aliphatic carbocycles. The summed E-state index contributed by atoms with van der Waals surface area (Å²) in [5, 5.41) is 10.8. The van der Waals surface area contributed by atoms with Gasteiger partial charge in [-0.15, -0.1) is 0 Å². The van der Waals surface area contributed by atoms with Crippen molar-refractivity contribution in [2.24, 2.45) is 0 Å². The van der Waals surface area contributed by atoms with Gasteiger partial charge >= 0.3 is 0 Å². The first-order valence-corrected chi connectivity index (χ1v) is 12.2. The van der Waals surface area contributed by atoms with Crippen LogP contribution in [0.3, 0.4) is 0 Å². The van der Waals surface area contributed by atoms with Gasteiger partial charge in [-0.05, 0) is 25.0 Å². The highest BCUT2D eigenvalue weighted by Gasteiger charge is 2.19. The number of phenols is 1. The molecular weight excluding hydrogens is 390 g/mol. The minimum absolute atomic E-state index is 0.145. The molecule has 0 spiro atoms. The van der Waals surface area contributed by atoms with Gasteiger partial charge in [0.15, 0.2) is 5.75 Å². The Morgan fingerprint density at radius 1 is 0.839 bits per heavy atom. The largest absolute Gasteiger partial charge is 0.508 e. The predicted octanol–water partition coefficient (Wildman–Crippen LogP) is 6.82. The van der Waals surface area contributed by atoms with Gasteiger partial charge in [0.1, 0.15) is 5.75 Å². The molecule has 0 unspecified atom stereocenters. The van der Waals surface area contributed by atoms with Crippen molar-refractivity contribution in [1.82, 2.24) is 4.57 Å². The van der Waals surface area contributed by atoms with E-state index in [0.717, 1.165) is 31.1 Å². The molecule has 0 radical (unpaired) electrons. The number of hydrogen-bond acceptors (Lipinski definition) is 4. The maximum Gasteiger partial charge on any atom is 0.297 e. The number of aryl methyl sites for hydroxylation is 1. The molecule has 5 nitrogen and oxygen atoms in total.